The van der Waals surface area contributed by atoms with Crippen LogP contribution in [-0.2, 0) is 21.2 Å². The highest BCUT2D eigenvalue weighted by Gasteiger charge is 2.28. The lowest BCUT2D eigenvalue weighted by Crippen LogP contribution is -2.41. The molecule has 3 aromatic rings. The molecule has 0 aromatic heterocycles. The summed E-state index contributed by atoms with van der Waals surface area (Å²) in [7, 11) is -1.22. The standard InChI is InChI=1S/C24H25ClN2O5S/c1-31-22-13-12-21(16-23(22)32-2)33(29,30)27(20-10-8-19(25)9-11-20)17-24(28)26-15-14-18-6-4-3-5-7-18/h3-13,16H,14-15,17H2,1-2H3,(H,26,28). The molecule has 0 heterocycles. The smallest absolute Gasteiger partial charge is 0.264 e. The van der Waals surface area contributed by atoms with Gasteiger partial charge in [0, 0.05) is 17.6 Å². The second kappa shape index (κ2) is 11.1. The molecule has 0 aliphatic heterocycles. The van der Waals surface area contributed by atoms with E-state index in [1.807, 2.05) is 30.3 Å². The van der Waals surface area contributed by atoms with Gasteiger partial charge in [-0.3, -0.25) is 9.10 Å². The van der Waals surface area contributed by atoms with E-state index in [2.05, 4.69) is 5.32 Å². The van der Waals surface area contributed by atoms with E-state index >= 15 is 0 Å². The van der Waals surface area contributed by atoms with E-state index in [0.717, 1.165) is 9.87 Å². The van der Waals surface area contributed by atoms with Crippen LogP contribution >= 0.6 is 11.6 Å². The van der Waals surface area contributed by atoms with Gasteiger partial charge in [0.15, 0.2) is 11.5 Å². The summed E-state index contributed by atoms with van der Waals surface area (Å²) in [6.07, 6.45) is 0.635. The zero-order valence-electron chi connectivity index (χ0n) is 18.3. The van der Waals surface area contributed by atoms with Crippen LogP contribution in [0.15, 0.2) is 77.7 Å². The summed E-state index contributed by atoms with van der Waals surface area (Å²) >= 11 is 5.98. The van der Waals surface area contributed by atoms with Crippen LogP contribution in [0.5, 0.6) is 11.5 Å². The third kappa shape index (κ3) is 6.18. The molecule has 1 N–H and O–H groups in total. The van der Waals surface area contributed by atoms with E-state index in [1.54, 1.807) is 24.3 Å². The highest BCUT2D eigenvalue weighted by atomic mass is 35.5. The number of rotatable bonds is 10. The number of nitrogens with zero attached hydrogens (tertiary/aromatic N) is 1. The van der Waals surface area contributed by atoms with Gasteiger partial charge < -0.3 is 14.8 Å². The Morgan fingerprint density at radius 2 is 1.61 bits per heavy atom. The molecule has 0 bridgehead atoms. The topological polar surface area (TPSA) is 84.9 Å². The van der Waals surface area contributed by atoms with Gasteiger partial charge >= 0.3 is 0 Å². The third-order valence-corrected chi connectivity index (χ3v) is 6.95. The van der Waals surface area contributed by atoms with E-state index < -0.39 is 22.5 Å². The molecule has 33 heavy (non-hydrogen) atoms. The SMILES string of the molecule is COc1ccc(S(=O)(=O)N(CC(=O)NCCc2ccccc2)c2ccc(Cl)cc2)cc1OC. The van der Waals surface area contributed by atoms with Crippen molar-refractivity contribution in [3.63, 3.8) is 0 Å². The highest BCUT2D eigenvalue weighted by Crippen LogP contribution is 2.32. The number of halogens is 1. The molecule has 0 radical (unpaired) electrons. The van der Waals surface area contributed by atoms with Crippen molar-refractivity contribution in [3.8, 4) is 11.5 Å². The van der Waals surface area contributed by atoms with Crippen molar-refractivity contribution in [1.29, 1.82) is 0 Å². The Kier molecular flexibility index (Phi) is 8.19. The molecule has 3 aromatic carbocycles. The molecule has 0 unspecified atom stereocenters. The maximum Gasteiger partial charge on any atom is 0.264 e. The lowest BCUT2D eigenvalue weighted by Gasteiger charge is -2.24. The molecule has 0 fully saturated rings. The zero-order valence-corrected chi connectivity index (χ0v) is 19.9. The molecule has 7 nitrogen and oxygen atoms in total. The number of hydrogen-bond acceptors (Lipinski definition) is 5. The van der Waals surface area contributed by atoms with Gasteiger partial charge in [0.05, 0.1) is 24.8 Å². The Labute approximate surface area is 198 Å². The number of benzene rings is 3. The van der Waals surface area contributed by atoms with Gasteiger partial charge in [0.2, 0.25) is 5.91 Å². The number of ether oxygens (including phenoxy) is 2. The second-order valence-electron chi connectivity index (χ2n) is 7.09. The Balaban J connectivity index is 1.85. The summed E-state index contributed by atoms with van der Waals surface area (Å²) in [6, 6.07) is 20.2. The molecule has 174 valence electrons. The molecule has 1 amide bonds. The predicted molar refractivity (Wildman–Crippen MR) is 129 cm³/mol. The van der Waals surface area contributed by atoms with Crippen molar-refractivity contribution in [2.45, 2.75) is 11.3 Å². The van der Waals surface area contributed by atoms with Gasteiger partial charge in [-0.05, 0) is 48.4 Å². The molecule has 9 heteroatoms. The molecular formula is C24H25ClN2O5S. The van der Waals surface area contributed by atoms with Gasteiger partial charge in [-0.1, -0.05) is 41.9 Å². The van der Waals surface area contributed by atoms with Crippen molar-refractivity contribution in [2.24, 2.45) is 0 Å². The number of hydrogen-bond donors (Lipinski definition) is 1. The Bertz CT molecular complexity index is 1190. The van der Waals surface area contributed by atoms with Crippen LogP contribution in [0.4, 0.5) is 5.69 Å². The Morgan fingerprint density at radius 3 is 2.24 bits per heavy atom. The van der Waals surface area contributed by atoms with Crippen LogP contribution in [0, 0.1) is 0 Å². The minimum atomic E-state index is -4.10. The molecule has 0 spiro atoms. The zero-order chi connectivity index (χ0) is 23.8. The number of anilines is 1. The van der Waals surface area contributed by atoms with Crippen molar-refractivity contribution in [2.75, 3.05) is 31.6 Å². The minimum absolute atomic E-state index is 0.0350. The fourth-order valence-corrected chi connectivity index (χ4v) is 4.77. The summed E-state index contributed by atoms with van der Waals surface area (Å²) in [4.78, 5) is 12.7. The molecule has 0 saturated carbocycles. The summed E-state index contributed by atoms with van der Waals surface area (Å²) in [6.45, 7) is -0.0131. The summed E-state index contributed by atoms with van der Waals surface area (Å²) in [5, 5.41) is 3.24. The predicted octanol–water partition coefficient (Wildman–Crippen LogP) is 3.91. The first-order valence-corrected chi connectivity index (χ1v) is 12.0. The first-order valence-electron chi connectivity index (χ1n) is 10.2. The molecule has 0 atom stereocenters. The molecule has 0 aliphatic rings. The first kappa shape index (κ1) is 24.4. The first-order chi connectivity index (χ1) is 15.8. The number of carbonyl (C=O) groups excluding carboxylic acids is 1. The van der Waals surface area contributed by atoms with Crippen molar-refractivity contribution in [3.05, 3.63) is 83.4 Å². The lowest BCUT2D eigenvalue weighted by atomic mass is 10.1. The van der Waals surface area contributed by atoms with Gasteiger partial charge in [-0.25, -0.2) is 8.42 Å². The van der Waals surface area contributed by atoms with Gasteiger partial charge in [-0.15, -0.1) is 0 Å². The van der Waals surface area contributed by atoms with Gasteiger partial charge in [-0.2, -0.15) is 0 Å². The third-order valence-electron chi connectivity index (χ3n) is 4.92. The van der Waals surface area contributed by atoms with E-state index in [0.29, 0.717) is 29.4 Å². The van der Waals surface area contributed by atoms with Crippen LogP contribution < -0.4 is 19.1 Å². The quantitative estimate of drug-likeness (QED) is 0.467. The minimum Gasteiger partial charge on any atom is -0.493 e. The van der Waals surface area contributed by atoms with Crippen LogP contribution in [0.25, 0.3) is 0 Å². The number of carbonyl (C=O) groups is 1. The van der Waals surface area contributed by atoms with Crippen molar-refractivity contribution < 1.29 is 22.7 Å². The van der Waals surface area contributed by atoms with Crippen LogP contribution in [0.2, 0.25) is 5.02 Å². The van der Waals surface area contributed by atoms with Gasteiger partial charge in [0.1, 0.15) is 6.54 Å². The molecular weight excluding hydrogens is 464 g/mol. The Morgan fingerprint density at radius 1 is 0.939 bits per heavy atom. The fraction of sp³-hybridized carbons (Fsp3) is 0.208. The monoisotopic (exact) mass is 488 g/mol. The number of sulfonamides is 1. The molecule has 0 aliphatic carbocycles. The summed E-state index contributed by atoms with van der Waals surface area (Å²) < 4.78 is 38.5. The van der Waals surface area contributed by atoms with Gasteiger partial charge in [0.25, 0.3) is 10.0 Å². The summed E-state index contributed by atoms with van der Waals surface area (Å²) in [5.41, 5.74) is 1.39. The largest absolute Gasteiger partial charge is 0.493 e. The maximum absolute atomic E-state index is 13.5. The summed E-state index contributed by atoms with van der Waals surface area (Å²) in [5.74, 6) is 0.236. The van der Waals surface area contributed by atoms with E-state index in [4.69, 9.17) is 21.1 Å². The molecule has 3 rings (SSSR count). The Hall–Kier alpha value is -3.23. The van der Waals surface area contributed by atoms with E-state index in [9.17, 15) is 13.2 Å². The van der Waals surface area contributed by atoms with Crippen LogP contribution in [0.1, 0.15) is 5.56 Å². The van der Waals surface area contributed by atoms with Crippen molar-refractivity contribution >= 4 is 33.2 Å². The van der Waals surface area contributed by atoms with E-state index in [-0.39, 0.29) is 10.6 Å². The second-order valence-corrected chi connectivity index (χ2v) is 9.39. The number of nitrogens with one attached hydrogen (secondary N) is 1. The maximum atomic E-state index is 13.5. The fourth-order valence-electron chi connectivity index (χ4n) is 3.20. The highest BCUT2D eigenvalue weighted by molar-refractivity contribution is 7.92. The molecule has 0 saturated heterocycles. The average Bonchev–Trinajstić information content (AvgIpc) is 2.83. The average molecular weight is 489 g/mol. The normalized spacial score (nSPS) is 11.0. The number of methoxy groups -OCH3 is 2. The lowest BCUT2D eigenvalue weighted by molar-refractivity contribution is -0.119. The van der Waals surface area contributed by atoms with E-state index in [1.165, 1.54) is 32.4 Å². The van der Waals surface area contributed by atoms with Crippen molar-refractivity contribution in [1.82, 2.24) is 5.32 Å². The van der Waals surface area contributed by atoms with Crippen LogP contribution in [0.3, 0.4) is 0 Å². The van der Waals surface area contributed by atoms with Crippen LogP contribution in [-0.4, -0.2) is 41.6 Å². The number of amides is 1.